The summed E-state index contributed by atoms with van der Waals surface area (Å²) in [5.74, 6) is 3.38. The Morgan fingerprint density at radius 1 is 1.14 bits per heavy atom. The fraction of sp³-hybridized carbons (Fsp3) is 0.286. The maximum absolute atomic E-state index is 5.89. The van der Waals surface area contributed by atoms with Crippen LogP contribution in [-0.2, 0) is 6.54 Å². The van der Waals surface area contributed by atoms with Crippen molar-refractivity contribution < 1.29 is 9.15 Å². The fourth-order valence-electron chi connectivity index (χ4n) is 3.23. The van der Waals surface area contributed by atoms with Crippen LogP contribution in [0.1, 0.15) is 18.6 Å². The summed E-state index contributed by atoms with van der Waals surface area (Å²) < 4.78 is 11.2. The second kappa shape index (κ2) is 8.91. The van der Waals surface area contributed by atoms with Crippen molar-refractivity contribution >= 4 is 29.1 Å². The van der Waals surface area contributed by atoms with Gasteiger partial charge in [0.25, 0.3) is 0 Å². The Morgan fingerprint density at radius 3 is 2.69 bits per heavy atom. The molecule has 0 amide bonds. The third-order valence-electron chi connectivity index (χ3n) is 4.70. The lowest BCUT2D eigenvalue weighted by Gasteiger charge is -2.18. The van der Waals surface area contributed by atoms with E-state index in [2.05, 4.69) is 25.5 Å². The summed E-state index contributed by atoms with van der Waals surface area (Å²) in [6.07, 6.45) is 2.34. The lowest BCUT2D eigenvalue weighted by atomic mass is 10.2. The van der Waals surface area contributed by atoms with Crippen LogP contribution >= 0.6 is 12.2 Å². The van der Waals surface area contributed by atoms with Gasteiger partial charge >= 0.3 is 0 Å². The van der Waals surface area contributed by atoms with Gasteiger partial charge in [-0.15, -0.1) is 0 Å². The van der Waals surface area contributed by atoms with Gasteiger partial charge in [0.1, 0.15) is 17.3 Å². The number of hydrogen-bond donors (Lipinski definition) is 2. The number of anilines is 2. The Morgan fingerprint density at radius 2 is 1.93 bits per heavy atom. The molecule has 0 spiro atoms. The molecule has 1 aromatic carbocycles. The van der Waals surface area contributed by atoms with E-state index < -0.39 is 0 Å². The highest BCUT2D eigenvalue weighted by atomic mass is 32.1. The highest BCUT2D eigenvalue weighted by Gasteiger charge is 2.16. The minimum absolute atomic E-state index is 0.410. The first kappa shape index (κ1) is 19.2. The first-order valence-corrected chi connectivity index (χ1v) is 9.99. The second-order valence-corrected chi connectivity index (χ2v) is 7.13. The van der Waals surface area contributed by atoms with Gasteiger partial charge in [-0.3, -0.25) is 0 Å². The first-order valence-electron chi connectivity index (χ1n) is 9.58. The van der Waals surface area contributed by atoms with Gasteiger partial charge in [0.05, 0.1) is 13.7 Å². The molecule has 0 atom stereocenters. The molecule has 0 unspecified atom stereocenters. The lowest BCUT2D eigenvalue weighted by Crippen LogP contribution is -2.29. The normalized spacial score (nSPS) is 13.3. The lowest BCUT2D eigenvalue weighted by molar-refractivity contribution is 0.397. The number of aromatic nitrogens is 2. The fourth-order valence-corrected chi connectivity index (χ4v) is 3.39. The Kier molecular flexibility index (Phi) is 5.90. The van der Waals surface area contributed by atoms with Crippen molar-refractivity contribution in [2.75, 3.05) is 30.4 Å². The predicted octanol–water partition coefficient (Wildman–Crippen LogP) is 3.83. The van der Waals surface area contributed by atoms with Crippen LogP contribution in [0.25, 0.3) is 11.3 Å². The summed E-state index contributed by atoms with van der Waals surface area (Å²) in [6.45, 7) is 2.44. The highest BCUT2D eigenvalue weighted by molar-refractivity contribution is 7.80. The van der Waals surface area contributed by atoms with E-state index >= 15 is 0 Å². The third-order valence-corrected chi connectivity index (χ3v) is 4.94. The van der Waals surface area contributed by atoms with Gasteiger partial charge in [-0.25, -0.2) is 0 Å². The third kappa shape index (κ3) is 4.83. The largest absolute Gasteiger partial charge is 0.481 e. The van der Waals surface area contributed by atoms with Crippen molar-refractivity contribution in [2.45, 2.75) is 19.4 Å². The average molecular weight is 410 g/mol. The van der Waals surface area contributed by atoms with E-state index in [1.807, 2.05) is 48.5 Å². The van der Waals surface area contributed by atoms with Gasteiger partial charge in [0.15, 0.2) is 5.11 Å². The summed E-state index contributed by atoms with van der Waals surface area (Å²) in [5.41, 5.74) is 1.04. The Hall–Kier alpha value is -3.13. The molecule has 0 radical (unpaired) electrons. The summed E-state index contributed by atoms with van der Waals surface area (Å²) >= 11 is 5.39. The van der Waals surface area contributed by atoms with Crippen molar-refractivity contribution in [1.29, 1.82) is 0 Å². The van der Waals surface area contributed by atoms with Crippen LogP contribution in [0.15, 0.2) is 52.9 Å². The predicted molar refractivity (Wildman–Crippen MR) is 117 cm³/mol. The Bertz CT molecular complexity index is 970. The van der Waals surface area contributed by atoms with Crippen molar-refractivity contribution in [2.24, 2.45) is 0 Å². The molecule has 0 aliphatic carbocycles. The Balaban J connectivity index is 1.37. The van der Waals surface area contributed by atoms with Gasteiger partial charge in [-0.2, -0.15) is 9.97 Å². The van der Waals surface area contributed by atoms with Gasteiger partial charge < -0.3 is 24.7 Å². The molecular weight excluding hydrogens is 386 g/mol. The number of furan rings is 1. The van der Waals surface area contributed by atoms with E-state index in [0.717, 1.165) is 36.0 Å². The monoisotopic (exact) mass is 409 g/mol. The molecule has 3 aromatic rings. The van der Waals surface area contributed by atoms with Crippen LogP contribution in [0.2, 0.25) is 0 Å². The molecule has 1 saturated heterocycles. The van der Waals surface area contributed by atoms with Gasteiger partial charge in [0.2, 0.25) is 11.8 Å². The van der Waals surface area contributed by atoms with Gasteiger partial charge in [0, 0.05) is 24.7 Å². The molecule has 29 heavy (non-hydrogen) atoms. The zero-order valence-corrected chi connectivity index (χ0v) is 17.0. The van der Waals surface area contributed by atoms with E-state index in [-0.39, 0.29) is 0 Å². The quantitative estimate of drug-likeness (QED) is 0.595. The highest BCUT2D eigenvalue weighted by Crippen LogP contribution is 2.23. The maximum atomic E-state index is 5.89. The summed E-state index contributed by atoms with van der Waals surface area (Å²) in [6, 6.07) is 15.7. The minimum atomic E-state index is 0.410. The van der Waals surface area contributed by atoms with E-state index in [1.54, 1.807) is 7.11 Å². The van der Waals surface area contributed by atoms with E-state index in [1.165, 1.54) is 12.8 Å². The number of hydrogen-bond acceptors (Lipinski definition) is 6. The van der Waals surface area contributed by atoms with Crippen molar-refractivity contribution in [3.63, 3.8) is 0 Å². The molecule has 0 saturated carbocycles. The van der Waals surface area contributed by atoms with Crippen molar-refractivity contribution in [1.82, 2.24) is 15.3 Å². The number of nitrogens with one attached hydrogen (secondary N) is 2. The van der Waals surface area contributed by atoms with Crippen molar-refractivity contribution in [3.05, 3.63) is 54.3 Å². The topological polar surface area (TPSA) is 75.5 Å². The second-order valence-electron chi connectivity index (χ2n) is 6.73. The molecule has 1 fully saturated rings. The minimum Gasteiger partial charge on any atom is -0.481 e. The molecule has 1 aliphatic rings. The van der Waals surface area contributed by atoms with Gasteiger partial charge in [-0.05, 0) is 37.2 Å². The molecular formula is C21H23N5O2S. The smallest absolute Gasteiger partial charge is 0.234 e. The van der Waals surface area contributed by atoms with Crippen molar-refractivity contribution in [3.8, 4) is 17.2 Å². The van der Waals surface area contributed by atoms with Crippen LogP contribution in [0.5, 0.6) is 5.88 Å². The van der Waals surface area contributed by atoms with E-state index in [0.29, 0.717) is 23.5 Å². The molecule has 0 bridgehead atoms. The number of methoxy groups -OCH3 is 1. The summed E-state index contributed by atoms with van der Waals surface area (Å²) in [4.78, 5) is 11.1. The van der Waals surface area contributed by atoms with E-state index in [4.69, 9.17) is 21.4 Å². The zero-order chi connectivity index (χ0) is 20.1. The Labute approximate surface area is 175 Å². The molecule has 3 heterocycles. The van der Waals surface area contributed by atoms with Crippen LogP contribution in [0.3, 0.4) is 0 Å². The number of nitrogens with zero attached hydrogens (tertiary/aromatic N) is 3. The SMILES string of the molecule is COc1cc(N2CCCC2)nc(NC(=S)NCc2ccc(-c3ccccc3)o2)n1. The van der Waals surface area contributed by atoms with E-state index in [9.17, 15) is 0 Å². The van der Waals surface area contributed by atoms with Crippen LogP contribution in [0, 0.1) is 0 Å². The molecule has 2 N–H and O–H groups in total. The number of ether oxygens (including phenoxy) is 1. The number of rotatable bonds is 6. The molecule has 7 nitrogen and oxygen atoms in total. The average Bonchev–Trinajstić information content (AvgIpc) is 3.45. The molecule has 4 rings (SSSR count). The summed E-state index contributed by atoms with van der Waals surface area (Å²) in [7, 11) is 1.59. The van der Waals surface area contributed by atoms with Crippen LogP contribution < -0.4 is 20.3 Å². The molecule has 150 valence electrons. The van der Waals surface area contributed by atoms with Crippen LogP contribution in [-0.4, -0.2) is 35.3 Å². The molecule has 1 aliphatic heterocycles. The standard InChI is InChI=1S/C21H23N5O2S/c1-27-19-13-18(26-11-5-6-12-26)23-20(24-19)25-21(29)22-14-16-9-10-17(28-16)15-7-3-2-4-8-15/h2-4,7-10,13H,5-6,11-12,14H2,1H3,(H2,22,23,24,25,29). The first-order chi connectivity index (χ1) is 14.2. The number of thiocarbonyl (C=S) groups is 1. The van der Waals surface area contributed by atoms with Crippen LogP contribution in [0.4, 0.5) is 11.8 Å². The molecule has 8 heteroatoms. The maximum Gasteiger partial charge on any atom is 0.234 e. The van der Waals surface area contributed by atoms with Gasteiger partial charge in [-0.1, -0.05) is 30.3 Å². The number of benzene rings is 1. The molecule has 2 aromatic heterocycles. The summed E-state index contributed by atoms with van der Waals surface area (Å²) in [5, 5.41) is 6.59. The zero-order valence-electron chi connectivity index (χ0n) is 16.2.